The van der Waals surface area contributed by atoms with Gasteiger partial charge in [0.1, 0.15) is 6.33 Å². The molecule has 2 N–H and O–H groups in total. The Hall–Kier alpha value is -2.56. The van der Waals surface area contributed by atoms with E-state index in [1.54, 1.807) is 12.3 Å². The summed E-state index contributed by atoms with van der Waals surface area (Å²) in [5.74, 6) is -3.78. The number of nitrogens with zero attached hydrogens (tertiary/aromatic N) is 3. The monoisotopic (exact) mass is 321 g/mol. The average Bonchev–Trinajstić information content (AvgIpc) is 2.89. The molecule has 0 saturated heterocycles. The number of rotatable bonds is 2. The van der Waals surface area contributed by atoms with Crippen molar-refractivity contribution in [1.29, 1.82) is 0 Å². The maximum absolute atomic E-state index is 10.6. The molecule has 0 saturated carbocycles. The molecule has 0 fully saturated rings. The Balaban J connectivity index is 0.000000270. The van der Waals surface area contributed by atoms with Gasteiger partial charge in [-0.3, -0.25) is 0 Å². The molecule has 0 aliphatic rings. The molecule has 0 aliphatic carbocycles. The normalized spacial score (nSPS) is 10.4. The van der Waals surface area contributed by atoms with Gasteiger partial charge in [-0.1, -0.05) is 0 Å². The van der Waals surface area contributed by atoms with Crippen LogP contribution in [0.1, 0.15) is 9.80 Å². The van der Waals surface area contributed by atoms with E-state index in [1.807, 2.05) is 0 Å². The number of carboxylic acid groups (broad SMARTS) is 2. The zero-order valence-electron chi connectivity index (χ0n) is 9.90. The van der Waals surface area contributed by atoms with Crippen molar-refractivity contribution in [1.82, 2.24) is 15.0 Å². The quantitative estimate of drug-likeness (QED) is 0.868. The Morgan fingerprint density at radius 3 is 2.19 bits per heavy atom. The summed E-state index contributed by atoms with van der Waals surface area (Å²) in [4.78, 5) is 31.7. The summed E-state index contributed by atoms with van der Waals surface area (Å²) in [5, 5.41) is 15.9. The molecule has 0 unspecified atom stereocenters. The van der Waals surface area contributed by atoms with Gasteiger partial charge >= 0.3 is 18.1 Å². The molecular formula is C10H6F3N3O4S. The van der Waals surface area contributed by atoms with Crippen molar-refractivity contribution in [3.63, 3.8) is 0 Å². The van der Waals surface area contributed by atoms with Crippen LogP contribution in [0.25, 0.3) is 10.6 Å². The molecule has 2 aromatic heterocycles. The highest BCUT2D eigenvalue weighted by molar-refractivity contribution is 7.16. The van der Waals surface area contributed by atoms with Gasteiger partial charge in [0.25, 0.3) is 0 Å². The van der Waals surface area contributed by atoms with E-state index in [4.69, 9.17) is 15.0 Å². The van der Waals surface area contributed by atoms with Crippen LogP contribution in [-0.4, -0.2) is 43.3 Å². The SMILES string of the molecule is O=C(O)C(F)(F)F.O=C(O)c1ncc(-c2ccncn2)s1. The number of alkyl halides is 3. The first-order valence-electron chi connectivity index (χ1n) is 4.97. The molecule has 2 rings (SSSR count). The van der Waals surface area contributed by atoms with Crippen LogP contribution in [0.2, 0.25) is 0 Å². The fourth-order valence-electron chi connectivity index (χ4n) is 0.928. The van der Waals surface area contributed by atoms with Crippen LogP contribution in [0, 0.1) is 0 Å². The third-order valence-electron chi connectivity index (χ3n) is 1.77. The van der Waals surface area contributed by atoms with Gasteiger partial charge in [-0.05, 0) is 6.07 Å². The molecule has 112 valence electrons. The van der Waals surface area contributed by atoms with Gasteiger partial charge in [0.15, 0.2) is 0 Å². The lowest BCUT2D eigenvalue weighted by Crippen LogP contribution is -2.21. The molecule has 2 heterocycles. The van der Waals surface area contributed by atoms with Crippen LogP contribution in [-0.2, 0) is 4.79 Å². The molecule has 0 atom stereocenters. The first kappa shape index (κ1) is 16.5. The minimum atomic E-state index is -5.08. The second-order valence-corrected chi connectivity index (χ2v) is 4.26. The van der Waals surface area contributed by atoms with E-state index in [9.17, 15) is 18.0 Å². The minimum Gasteiger partial charge on any atom is -0.476 e. The second kappa shape index (κ2) is 6.74. The Morgan fingerprint density at radius 2 is 1.81 bits per heavy atom. The molecule has 7 nitrogen and oxygen atoms in total. The molecular weight excluding hydrogens is 315 g/mol. The number of carbonyl (C=O) groups is 2. The van der Waals surface area contributed by atoms with E-state index in [0.717, 1.165) is 16.2 Å². The molecule has 0 aromatic carbocycles. The van der Waals surface area contributed by atoms with Crippen molar-refractivity contribution in [2.45, 2.75) is 6.18 Å². The van der Waals surface area contributed by atoms with Crippen LogP contribution in [0.5, 0.6) is 0 Å². The number of aromatic carboxylic acids is 1. The van der Waals surface area contributed by atoms with E-state index >= 15 is 0 Å². The fourth-order valence-corrected chi connectivity index (χ4v) is 1.66. The lowest BCUT2D eigenvalue weighted by molar-refractivity contribution is -0.192. The Kier molecular flexibility index (Phi) is 5.30. The molecule has 0 aliphatic heterocycles. The summed E-state index contributed by atoms with van der Waals surface area (Å²) in [6, 6.07) is 1.71. The highest BCUT2D eigenvalue weighted by Crippen LogP contribution is 2.23. The van der Waals surface area contributed by atoms with Gasteiger partial charge in [0.2, 0.25) is 5.01 Å². The van der Waals surface area contributed by atoms with Crippen molar-refractivity contribution < 1.29 is 33.0 Å². The zero-order chi connectivity index (χ0) is 16.0. The van der Waals surface area contributed by atoms with Crippen LogP contribution >= 0.6 is 11.3 Å². The van der Waals surface area contributed by atoms with Gasteiger partial charge in [-0.15, -0.1) is 11.3 Å². The number of halogens is 3. The van der Waals surface area contributed by atoms with E-state index < -0.39 is 18.1 Å². The van der Waals surface area contributed by atoms with Gasteiger partial charge in [-0.2, -0.15) is 13.2 Å². The summed E-state index contributed by atoms with van der Waals surface area (Å²) in [6.07, 6.45) is -0.575. The topological polar surface area (TPSA) is 113 Å². The van der Waals surface area contributed by atoms with E-state index in [2.05, 4.69) is 15.0 Å². The van der Waals surface area contributed by atoms with E-state index in [0.29, 0.717) is 5.69 Å². The van der Waals surface area contributed by atoms with Crippen LogP contribution in [0.4, 0.5) is 13.2 Å². The number of carboxylic acids is 2. The summed E-state index contributed by atoms with van der Waals surface area (Å²) in [6.45, 7) is 0. The van der Waals surface area contributed by atoms with Crippen molar-refractivity contribution in [3.8, 4) is 10.6 Å². The third-order valence-corrected chi connectivity index (χ3v) is 2.77. The molecule has 0 bridgehead atoms. The lowest BCUT2D eigenvalue weighted by Gasteiger charge is -1.93. The van der Waals surface area contributed by atoms with Gasteiger partial charge in [0, 0.05) is 12.4 Å². The van der Waals surface area contributed by atoms with Crippen molar-refractivity contribution >= 4 is 23.3 Å². The highest BCUT2D eigenvalue weighted by Gasteiger charge is 2.38. The second-order valence-electron chi connectivity index (χ2n) is 3.23. The summed E-state index contributed by atoms with van der Waals surface area (Å²) in [5.41, 5.74) is 0.685. The number of aliphatic carboxylic acids is 1. The largest absolute Gasteiger partial charge is 0.490 e. The van der Waals surface area contributed by atoms with E-state index in [1.165, 1.54) is 12.5 Å². The van der Waals surface area contributed by atoms with Crippen molar-refractivity contribution in [3.05, 3.63) is 29.8 Å². The number of hydrogen-bond acceptors (Lipinski definition) is 6. The summed E-state index contributed by atoms with van der Waals surface area (Å²) < 4.78 is 31.7. The smallest absolute Gasteiger partial charge is 0.476 e. The van der Waals surface area contributed by atoms with E-state index in [-0.39, 0.29) is 5.01 Å². The minimum absolute atomic E-state index is 0.0682. The molecule has 2 aromatic rings. The van der Waals surface area contributed by atoms with Crippen LogP contribution in [0.15, 0.2) is 24.8 Å². The number of thiazole rings is 1. The highest BCUT2D eigenvalue weighted by atomic mass is 32.1. The predicted molar refractivity (Wildman–Crippen MR) is 63.8 cm³/mol. The molecule has 0 spiro atoms. The predicted octanol–water partition coefficient (Wildman–Crippen LogP) is 1.93. The van der Waals surface area contributed by atoms with Crippen molar-refractivity contribution in [2.24, 2.45) is 0 Å². The molecule has 0 amide bonds. The Labute approximate surface area is 118 Å². The molecule has 11 heteroatoms. The van der Waals surface area contributed by atoms with Gasteiger partial charge < -0.3 is 10.2 Å². The number of aromatic nitrogens is 3. The molecule has 21 heavy (non-hydrogen) atoms. The molecule has 0 radical (unpaired) electrons. The zero-order valence-corrected chi connectivity index (χ0v) is 10.7. The average molecular weight is 321 g/mol. The maximum atomic E-state index is 10.6. The summed E-state index contributed by atoms with van der Waals surface area (Å²) >= 11 is 1.09. The van der Waals surface area contributed by atoms with Crippen LogP contribution in [0.3, 0.4) is 0 Å². The van der Waals surface area contributed by atoms with Gasteiger partial charge in [-0.25, -0.2) is 24.5 Å². The lowest BCUT2D eigenvalue weighted by atomic mass is 10.4. The van der Waals surface area contributed by atoms with Gasteiger partial charge in [0.05, 0.1) is 10.6 Å². The first-order chi connectivity index (χ1) is 9.71. The van der Waals surface area contributed by atoms with Crippen LogP contribution < -0.4 is 0 Å². The Bertz CT molecular complexity index is 630. The first-order valence-corrected chi connectivity index (χ1v) is 5.79. The Morgan fingerprint density at radius 1 is 1.19 bits per heavy atom. The van der Waals surface area contributed by atoms with Crippen molar-refractivity contribution in [2.75, 3.05) is 0 Å². The number of hydrogen-bond donors (Lipinski definition) is 2. The fraction of sp³-hybridized carbons (Fsp3) is 0.100. The standard InChI is InChI=1S/C8H5N3O2S.C2HF3O2/c12-8(13)7-10-3-6(14-7)5-1-2-9-4-11-5;3-2(4,5)1(6)7/h1-4H,(H,12,13);(H,6,7). The maximum Gasteiger partial charge on any atom is 0.490 e. The summed E-state index contributed by atoms with van der Waals surface area (Å²) in [7, 11) is 0. The third kappa shape index (κ3) is 5.14.